The maximum atomic E-state index is 12.9. The SMILES string of the molecule is CCC1CCCCN1C(=O)c1cccc(C(=O)Nc2cccc(C)c2)n1. The second kappa shape index (κ2) is 8.13. The molecule has 0 saturated carbocycles. The lowest BCUT2D eigenvalue weighted by molar-refractivity contribution is 0.0602. The molecule has 1 fully saturated rings. The molecule has 5 heteroatoms. The molecule has 5 nitrogen and oxygen atoms in total. The lowest BCUT2D eigenvalue weighted by atomic mass is 9.99. The van der Waals surface area contributed by atoms with Crippen LogP contribution in [0.4, 0.5) is 5.69 Å². The number of anilines is 1. The van der Waals surface area contributed by atoms with Crippen LogP contribution in [-0.4, -0.2) is 34.3 Å². The van der Waals surface area contributed by atoms with E-state index >= 15 is 0 Å². The lowest BCUT2D eigenvalue weighted by Gasteiger charge is -2.35. The summed E-state index contributed by atoms with van der Waals surface area (Å²) in [4.78, 5) is 31.6. The van der Waals surface area contributed by atoms with Crippen molar-refractivity contribution in [3.63, 3.8) is 0 Å². The molecule has 1 aliphatic rings. The van der Waals surface area contributed by atoms with Gasteiger partial charge in [-0.1, -0.05) is 25.1 Å². The van der Waals surface area contributed by atoms with Crippen molar-refractivity contribution in [2.45, 2.75) is 45.6 Å². The number of hydrogen-bond donors (Lipinski definition) is 1. The number of amides is 2. The summed E-state index contributed by atoms with van der Waals surface area (Å²) in [5.74, 6) is -0.391. The van der Waals surface area contributed by atoms with Crippen LogP contribution in [0.15, 0.2) is 42.5 Å². The molecule has 1 aliphatic heterocycles. The zero-order chi connectivity index (χ0) is 18.5. The van der Waals surface area contributed by atoms with E-state index in [0.717, 1.165) is 43.5 Å². The van der Waals surface area contributed by atoms with E-state index in [2.05, 4.69) is 17.2 Å². The summed E-state index contributed by atoms with van der Waals surface area (Å²) in [6.07, 6.45) is 4.17. The van der Waals surface area contributed by atoms with Crippen LogP contribution in [0.25, 0.3) is 0 Å². The second-order valence-electron chi connectivity index (χ2n) is 6.79. The summed E-state index contributed by atoms with van der Waals surface area (Å²) in [6.45, 7) is 4.84. The van der Waals surface area contributed by atoms with Crippen LogP contribution in [-0.2, 0) is 0 Å². The Labute approximate surface area is 154 Å². The molecule has 1 unspecified atom stereocenters. The Hall–Kier alpha value is -2.69. The number of aryl methyl sites for hydroxylation is 1. The lowest BCUT2D eigenvalue weighted by Crippen LogP contribution is -2.43. The maximum Gasteiger partial charge on any atom is 0.274 e. The number of piperidine rings is 1. The molecule has 2 heterocycles. The molecule has 2 aromatic rings. The van der Waals surface area contributed by atoms with Gasteiger partial charge in [-0.25, -0.2) is 4.98 Å². The fourth-order valence-electron chi connectivity index (χ4n) is 3.44. The van der Waals surface area contributed by atoms with Crippen LogP contribution in [0.3, 0.4) is 0 Å². The van der Waals surface area contributed by atoms with Crippen LogP contribution in [0.5, 0.6) is 0 Å². The van der Waals surface area contributed by atoms with E-state index in [9.17, 15) is 9.59 Å². The molecule has 0 aliphatic carbocycles. The standard InChI is InChI=1S/C21H25N3O2/c1-3-17-10-4-5-13-24(17)21(26)19-12-7-11-18(23-19)20(25)22-16-9-6-8-15(2)14-16/h6-9,11-12,14,17H,3-5,10,13H2,1-2H3,(H,22,25). The molecule has 0 spiro atoms. The molecular weight excluding hydrogens is 326 g/mol. The van der Waals surface area contributed by atoms with E-state index < -0.39 is 0 Å². The van der Waals surface area contributed by atoms with Crippen molar-refractivity contribution < 1.29 is 9.59 Å². The van der Waals surface area contributed by atoms with Gasteiger partial charge in [0, 0.05) is 18.3 Å². The van der Waals surface area contributed by atoms with E-state index in [-0.39, 0.29) is 23.6 Å². The number of nitrogens with zero attached hydrogens (tertiary/aromatic N) is 2. The molecule has 136 valence electrons. The first-order valence-electron chi connectivity index (χ1n) is 9.24. The summed E-state index contributed by atoms with van der Waals surface area (Å²) < 4.78 is 0. The van der Waals surface area contributed by atoms with Gasteiger partial charge in [-0.05, 0) is 62.4 Å². The summed E-state index contributed by atoms with van der Waals surface area (Å²) in [5.41, 5.74) is 2.37. The Balaban J connectivity index is 1.77. The van der Waals surface area contributed by atoms with Crippen molar-refractivity contribution in [2.75, 3.05) is 11.9 Å². The Morgan fingerprint density at radius 3 is 2.69 bits per heavy atom. The average Bonchev–Trinajstić information content (AvgIpc) is 2.67. The maximum absolute atomic E-state index is 12.9. The fourth-order valence-corrected chi connectivity index (χ4v) is 3.44. The van der Waals surface area contributed by atoms with Gasteiger partial charge in [0.15, 0.2) is 0 Å². The van der Waals surface area contributed by atoms with Crippen molar-refractivity contribution in [3.8, 4) is 0 Å². The summed E-state index contributed by atoms with van der Waals surface area (Å²) in [6, 6.07) is 12.9. The Bertz CT molecular complexity index is 803. The Morgan fingerprint density at radius 1 is 1.15 bits per heavy atom. The predicted octanol–water partition coefficient (Wildman–Crippen LogP) is 4.05. The number of nitrogens with one attached hydrogen (secondary N) is 1. The molecular formula is C21H25N3O2. The largest absolute Gasteiger partial charge is 0.334 e. The first-order valence-corrected chi connectivity index (χ1v) is 9.24. The zero-order valence-corrected chi connectivity index (χ0v) is 15.4. The van der Waals surface area contributed by atoms with Crippen LogP contribution >= 0.6 is 0 Å². The third-order valence-corrected chi connectivity index (χ3v) is 4.84. The minimum Gasteiger partial charge on any atom is -0.334 e. The van der Waals surface area contributed by atoms with E-state index in [4.69, 9.17) is 0 Å². The summed E-state index contributed by atoms with van der Waals surface area (Å²) >= 11 is 0. The number of carbonyl (C=O) groups excluding carboxylic acids is 2. The number of hydrogen-bond acceptors (Lipinski definition) is 3. The molecule has 1 atom stereocenters. The first-order chi connectivity index (χ1) is 12.6. The van der Waals surface area contributed by atoms with Gasteiger partial charge in [0.2, 0.25) is 0 Å². The molecule has 3 rings (SSSR count). The van der Waals surface area contributed by atoms with Crippen LogP contribution in [0.2, 0.25) is 0 Å². The van der Waals surface area contributed by atoms with Crippen LogP contribution < -0.4 is 5.32 Å². The Kier molecular flexibility index (Phi) is 5.66. The third kappa shape index (κ3) is 4.10. The molecule has 2 amide bonds. The number of pyridine rings is 1. The summed E-state index contributed by atoms with van der Waals surface area (Å²) in [5, 5.41) is 2.84. The number of likely N-dealkylation sites (tertiary alicyclic amines) is 1. The van der Waals surface area contributed by atoms with Gasteiger partial charge in [0.1, 0.15) is 11.4 Å². The molecule has 1 aromatic carbocycles. The highest BCUT2D eigenvalue weighted by molar-refractivity contribution is 6.03. The van der Waals surface area contributed by atoms with E-state index in [1.54, 1.807) is 18.2 Å². The zero-order valence-electron chi connectivity index (χ0n) is 15.4. The van der Waals surface area contributed by atoms with Gasteiger partial charge in [-0.3, -0.25) is 9.59 Å². The van der Waals surface area contributed by atoms with Gasteiger partial charge in [0.25, 0.3) is 11.8 Å². The van der Waals surface area contributed by atoms with Gasteiger partial charge in [0.05, 0.1) is 0 Å². The van der Waals surface area contributed by atoms with Crippen molar-refractivity contribution in [1.82, 2.24) is 9.88 Å². The third-order valence-electron chi connectivity index (χ3n) is 4.84. The minimum atomic E-state index is -0.309. The number of aromatic nitrogens is 1. The molecule has 0 radical (unpaired) electrons. The minimum absolute atomic E-state index is 0.0817. The molecule has 1 N–H and O–H groups in total. The number of carbonyl (C=O) groups is 2. The predicted molar refractivity (Wildman–Crippen MR) is 102 cm³/mol. The second-order valence-corrected chi connectivity index (χ2v) is 6.79. The molecule has 1 aromatic heterocycles. The molecule has 26 heavy (non-hydrogen) atoms. The van der Waals surface area contributed by atoms with Gasteiger partial charge >= 0.3 is 0 Å². The van der Waals surface area contributed by atoms with Crippen LogP contribution in [0, 0.1) is 6.92 Å². The quantitative estimate of drug-likeness (QED) is 0.904. The highest BCUT2D eigenvalue weighted by atomic mass is 16.2. The van der Waals surface area contributed by atoms with Crippen molar-refractivity contribution in [1.29, 1.82) is 0 Å². The monoisotopic (exact) mass is 351 g/mol. The highest BCUT2D eigenvalue weighted by Gasteiger charge is 2.27. The van der Waals surface area contributed by atoms with Crippen molar-refractivity contribution >= 4 is 17.5 Å². The normalized spacial score (nSPS) is 17.0. The fraction of sp³-hybridized carbons (Fsp3) is 0.381. The average molecular weight is 351 g/mol. The first kappa shape index (κ1) is 18.1. The molecule has 0 bridgehead atoms. The van der Waals surface area contributed by atoms with Crippen molar-refractivity contribution in [2.24, 2.45) is 0 Å². The Morgan fingerprint density at radius 2 is 1.92 bits per heavy atom. The topological polar surface area (TPSA) is 62.3 Å². The van der Waals surface area contributed by atoms with E-state index in [1.165, 1.54) is 0 Å². The van der Waals surface area contributed by atoms with Gasteiger partial charge < -0.3 is 10.2 Å². The van der Waals surface area contributed by atoms with Crippen LogP contribution in [0.1, 0.15) is 59.1 Å². The van der Waals surface area contributed by atoms with Gasteiger partial charge in [-0.15, -0.1) is 0 Å². The smallest absolute Gasteiger partial charge is 0.274 e. The van der Waals surface area contributed by atoms with Gasteiger partial charge in [-0.2, -0.15) is 0 Å². The summed E-state index contributed by atoms with van der Waals surface area (Å²) in [7, 11) is 0. The van der Waals surface area contributed by atoms with E-state index in [1.807, 2.05) is 36.1 Å². The van der Waals surface area contributed by atoms with E-state index in [0.29, 0.717) is 5.69 Å². The molecule has 1 saturated heterocycles. The number of benzene rings is 1. The van der Waals surface area contributed by atoms with Crippen molar-refractivity contribution in [3.05, 3.63) is 59.4 Å². The number of rotatable bonds is 4. The highest BCUT2D eigenvalue weighted by Crippen LogP contribution is 2.21.